The topological polar surface area (TPSA) is 69.9 Å². The van der Waals surface area contributed by atoms with Crippen LogP contribution in [0.1, 0.15) is 110 Å². The normalized spacial score (nSPS) is 10.7. The van der Waals surface area contributed by atoms with Crippen molar-refractivity contribution in [3.8, 4) is 28.7 Å². The average Bonchev–Trinajstić information content (AvgIpc) is 3.17. The first-order valence-corrected chi connectivity index (χ1v) is 20.4. The molecule has 0 fully saturated rings. The van der Waals surface area contributed by atoms with E-state index in [2.05, 4.69) is 111 Å². The van der Waals surface area contributed by atoms with Crippen molar-refractivity contribution >= 4 is 0 Å². The van der Waals surface area contributed by atoms with E-state index in [-0.39, 0.29) is 0 Å². The molecule has 0 saturated heterocycles. The van der Waals surface area contributed by atoms with Crippen LogP contribution in [0.15, 0.2) is 91.0 Å². The van der Waals surface area contributed by atoms with E-state index in [0.717, 1.165) is 71.4 Å². The molecule has 0 bridgehead atoms. The van der Waals surface area contributed by atoms with Gasteiger partial charge in [-0.15, -0.1) is 0 Å². The molecule has 3 N–H and O–H groups in total. The molecule has 6 aromatic rings. The van der Waals surface area contributed by atoms with Crippen molar-refractivity contribution in [2.24, 2.45) is 0 Å². The first kappa shape index (κ1) is 44.2. The van der Waals surface area contributed by atoms with Crippen LogP contribution in [0.2, 0.25) is 0 Å². The summed E-state index contributed by atoms with van der Waals surface area (Å²) < 4.78 is 5.96. The standard InChI is InChI=1S/2C18H22O.C17H20O2/c2*1-5-15-8-12(2)17(13(3)9-15)11-16-6-7-18(19)14(4)10-16;1-5-14-8-12(3)17(13(4)9-14)19-15-6-7-16(18)11(2)10-15/h2*6-10,19H,5,11H2,1-4H3;6-10,18H,5H2,1-4H3. The molecule has 0 saturated carbocycles. The number of rotatable bonds is 9. The van der Waals surface area contributed by atoms with Gasteiger partial charge in [0.1, 0.15) is 28.7 Å². The van der Waals surface area contributed by atoms with Crippen molar-refractivity contribution in [3.05, 3.63) is 180 Å². The lowest BCUT2D eigenvalue weighted by atomic mass is 9.93. The maximum atomic E-state index is 9.59. The number of ether oxygens (including phenoxy) is 1. The summed E-state index contributed by atoms with van der Waals surface area (Å²) >= 11 is 0. The fourth-order valence-corrected chi connectivity index (χ4v) is 7.41. The number of hydrogen-bond donors (Lipinski definition) is 3. The van der Waals surface area contributed by atoms with Gasteiger partial charge in [0.25, 0.3) is 0 Å². The minimum Gasteiger partial charge on any atom is -0.508 e. The van der Waals surface area contributed by atoms with E-state index in [9.17, 15) is 15.3 Å². The number of phenolic OH excluding ortho intramolecular Hbond substituents is 3. The van der Waals surface area contributed by atoms with Gasteiger partial charge in [-0.3, -0.25) is 0 Å². The fourth-order valence-electron chi connectivity index (χ4n) is 7.41. The molecule has 6 aromatic carbocycles. The zero-order valence-corrected chi connectivity index (χ0v) is 36.4. The van der Waals surface area contributed by atoms with Gasteiger partial charge >= 0.3 is 0 Å². The van der Waals surface area contributed by atoms with Gasteiger partial charge in [0.15, 0.2) is 0 Å². The summed E-state index contributed by atoms with van der Waals surface area (Å²) in [6.07, 6.45) is 5.06. The summed E-state index contributed by atoms with van der Waals surface area (Å²) in [7, 11) is 0. The van der Waals surface area contributed by atoms with Crippen LogP contribution in [0.25, 0.3) is 0 Å². The van der Waals surface area contributed by atoms with E-state index in [1.807, 2.05) is 39.0 Å². The Morgan fingerprint density at radius 2 is 0.649 bits per heavy atom. The van der Waals surface area contributed by atoms with Crippen LogP contribution in [0.3, 0.4) is 0 Å². The van der Waals surface area contributed by atoms with Crippen LogP contribution in [0.5, 0.6) is 28.7 Å². The van der Waals surface area contributed by atoms with E-state index >= 15 is 0 Å². The number of benzene rings is 6. The summed E-state index contributed by atoms with van der Waals surface area (Å²) in [6, 6.07) is 30.5. The van der Waals surface area contributed by atoms with Crippen molar-refractivity contribution in [2.45, 2.75) is 115 Å². The molecule has 300 valence electrons. The van der Waals surface area contributed by atoms with Gasteiger partial charge in [-0.05, 0) is 214 Å². The molecule has 57 heavy (non-hydrogen) atoms. The second kappa shape index (κ2) is 20.1. The smallest absolute Gasteiger partial charge is 0.133 e. The summed E-state index contributed by atoms with van der Waals surface area (Å²) in [5.74, 6) is 2.70. The maximum Gasteiger partial charge on any atom is 0.133 e. The number of aryl methyl sites for hydroxylation is 12. The quantitative estimate of drug-likeness (QED) is 0.137. The second-order valence-electron chi connectivity index (χ2n) is 15.7. The van der Waals surface area contributed by atoms with Crippen molar-refractivity contribution in [1.82, 2.24) is 0 Å². The molecule has 0 aliphatic carbocycles. The minimum absolute atomic E-state index is 0.294. The lowest BCUT2D eigenvalue weighted by molar-refractivity contribution is 0.458. The predicted molar refractivity (Wildman–Crippen MR) is 240 cm³/mol. The number of phenols is 3. The monoisotopic (exact) mass is 764 g/mol. The Bertz CT molecular complexity index is 1980. The minimum atomic E-state index is 0.294. The Balaban J connectivity index is 0.000000189. The molecule has 6 rings (SSSR count). The molecule has 0 aliphatic heterocycles. The molecule has 0 amide bonds. The highest BCUT2D eigenvalue weighted by Gasteiger charge is 2.10. The summed E-state index contributed by atoms with van der Waals surface area (Å²) in [5, 5.41) is 28.7. The SMILES string of the molecule is CCc1cc(C)c(Cc2ccc(O)c(C)c2)c(C)c1.CCc1cc(C)c(Cc2ccc(O)c(C)c2)c(C)c1.CCc1cc(C)c(Oc2ccc(O)c(C)c2)c(C)c1. The third-order valence-electron chi connectivity index (χ3n) is 10.9. The predicted octanol–water partition coefficient (Wildman–Crippen LogP) is 13.6. The molecule has 0 atom stereocenters. The van der Waals surface area contributed by atoms with Gasteiger partial charge in [-0.2, -0.15) is 0 Å². The molecule has 4 nitrogen and oxygen atoms in total. The zero-order chi connectivity index (χ0) is 42.0. The van der Waals surface area contributed by atoms with Gasteiger partial charge in [-0.1, -0.05) is 81.4 Å². The highest BCUT2D eigenvalue weighted by molar-refractivity contribution is 5.48. The summed E-state index contributed by atoms with van der Waals surface area (Å²) in [4.78, 5) is 0. The summed E-state index contributed by atoms with van der Waals surface area (Å²) in [5.41, 5.74) is 19.9. The molecular formula is C53H64O4. The van der Waals surface area contributed by atoms with Gasteiger partial charge in [0.2, 0.25) is 0 Å². The molecular weight excluding hydrogens is 701 g/mol. The maximum absolute atomic E-state index is 9.59. The average molecular weight is 765 g/mol. The van der Waals surface area contributed by atoms with E-state index in [1.165, 1.54) is 61.2 Å². The van der Waals surface area contributed by atoms with Crippen LogP contribution < -0.4 is 4.74 Å². The molecule has 0 radical (unpaired) electrons. The number of hydrogen-bond acceptors (Lipinski definition) is 4. The molecule has 0 aromatic heterocycles. The van der Waals surface area contributed by atoms with Gasteiger partial charge in [0.05, 0.1) is 0 Å². The van der Waals surface area contributed by atoms with Crippen molar-refractivity contribution in [2.75, 3.05) is 0 Å². The van der Waals surface area contributed by atoms with Crippen molar-refractivity contribution in [3.63, 3.8) is 0 Å². The van der Waals surface area contributed by atoms with E-state index < -0.39 is 0 Å². The zero-order valence-electron chi connectivity index (χ0n) is 36.4. The number of aromatic hydroxyl groups is 3. The Labute approximate surface area is 342 Å². The molecule has 0 spiro atoms. The van der Waals surface area contributed by atoms with Crippen LogP contribution in [-0.2, 0) is 32.1 Å². The van der Waals surface area contributed by atoms with Gasteiger partial charge in [-0.25, -0.2) is 0 Å². The highest BCUT2D eigenvalue weighted by atomic mass is 16.5. The lowest BCUT2D eigenvalue weighted by Gasteiger charge is -2.14. The van der Waals surface area contributed by atoms with E-state index in [0.29, 0.717) is 17.2 Å². The van der Waals surface area contributed by atoms with Crippen LogP contribution in [0.4, 0.5) is 0 Å². The van der Waals surface area contributed by atoms with Crippen molar-refractivity contribution < 1.29 is 20.1 Å². The third kappa shape index (κ3) is 12.0. The van der Waals surface area contributed by atoms with Crippen LogP contribution in [-0.4, -0.2) is 15.3 Å². The Morgan fingerprint density at radius 3 is 0.965 bits per heavy atom. The lowest BCUT2D eigenvalue weighted by Crippen LogP contribution is -1.98. The second-order valence-corrected chi connectivity index (χ2v) is 15.7. The van der Waals surface area contributed by atoms with Crippen LogP contribution in [0, 0.1) is 62.3 Å². The van der Waals surface area contributed by atoms with E-state index in [1.54, 1.807) is 24.3 Å². The van der Waals surface area contributed by atoms with Gasteiger partial charge < -0.3 is 20.1 Å². The van der Waals surface area contributed by atoms with Crippen molar-refractivity contribution in [1.29, 1.82) is 0 Å². The van der Waals surface area contributed by atoms with Gasteiger partial charge in [0, 0.05) is 0 Å². The summed E-state index contributed by atoms with van der Waals surface area (Å²) in [6.45, 7) is 25.2. The first-order chi connectivity index (χ1) is 27.0. The van der Waals surface area contributed by atoms with Crippen LogP contribution >= 0.6 is 0 Å². The molecule has 0 aliphatic rings. The highest BCUT2D eigenvalue weighted by Crippen LogP contribution is 2.32. The van der Waals surface area contributed by atoms with E-state index in [4.69, 9.17) is 4.74 Å². The third-order valence-corrected chi connectivity index (χ3v) is 10.9. The molecule has 0 heterocycles. The largest absolute Gasteiger partial charge is 0.508 e. The first-order valence-electron chi connectivity index (χ1n) is 20.4. The molecule has 4 heteroatoms. The Morgan fingerprint density at radius 1 is 0.351 bits per heavy atom. The Kier molecular flexibility index (Phi) is 15.6. The molecule has 0 unspecified atom stereocenters. The Hall–Kier alpha value is -5.48. The fraction of sp³-hybridized carbons (Fsp3) is 0.321.